The summed E-state index contributed by atoms with van der Waals surface area (Å²) in [5.41, 5.74) is 4.57. The summed E-state index contributed by atoms with van der Waals surface area (Å²) in [6.45, 7) is 0. The summed E-state index contributed by atoms with van der Waals surface area (Å²) in [4.78, 5) is 25.9. The van der Waals surface area contributed by atoms with Crippen LogP contribution in [0, 0.1) is 5.41 Å². The van der Waals surface area contributed by atoms with Gasteiger partial charge in [0.1, 0.15) is 16.9 Å². The summed E-state index contributed by atoms with van der Waals surface area (Å²) in [6.07, 6.45) is 4.22. The highest BCUT2D eigenvalue weighted by atomic mass is 16.3. The number of hydrogen-bond acceptors (Lipinski definition) is 6. The molecule has 2 amide bonds. The number of benzene rings is 4. The van der Waals surface area contributed by atoms with Gasteiger partial charge in [0.15, 0.2) is 0 Å². The van der Waals surface area contributed by atoms with Crippen molar-refractivity contribution in [3.8, 4) is 11.5 Å². The third kappa shape index (κ3) is 4.13. The number of hydrazone groups is 2. The molecule has 0 heterocycles. The molecule has 180 valence electrons. The van der Waals surface area contributed by atoms with Gasteiger partial charge in [-0.3, -0.25) is 9.59 Å². The van der Waals surface area contributed by atoms with Gasteiger partial charge in [-0.25, -0.2) is 10.9 Å². The first kappa shape index (κ1) is 23.0. The summed E-state index contributed by atoms with van der Waals surface area (Å²) < 4.78 is 0. The lowest BCUT2D eigenvalue weighted by Gasteiger charge is -2.36. The highest BCUT2D eigenvalue weighted by molar-refractivity contribution is 6.08. The Kier molecular flexibility index (Phi) is 6.08. The molecule has 0 aromatic heterocycles. The first-order chi connectivity index (χ1) is 17.5. The SMILES string of the molecule is O=C(NN=Cc1c(O)ccc2ccccc12)C1(C(=O)NN=Cc2c(O)ccc3ccccc23)CCC1. The maximum Gasteiger partial charge on any atom is 0.255 e. The summed E-state index contributed by atoms with van der Waals surface area (Å²) in [5.74, 6) is -1.00. The van der Waals surface area contributed by atoms with Crippen molar-refractivity contribution in [3.05, 3.63) is 83.9 Å². The van der Waals surface area contributed by atoms with E-state index in [1.54, 1.807) is 24.3 Å². The third-order valence-corrected chi connectivity index (χ3v) is 6.69. The van der Waals surface area contributed by atoms with Crippen LogP contribution in [0.25, 0.3) is 21.5 Å². The molecule has 8 heteroatoms. The Balaban J connectivity index is 1.30. The normalized spacial score (nSPS) is 14.8. The van der Waals surface area contributed by atoms with Gasteiger partial charge in [0.2, 0.25) is 0 Å². The molecule has 4 aromatic carbocycles. The monoisotopic (exact) mass is 480 g/mol. The van der Waals surface area contributed by atoms with Crippen molar-refractivity contribution in [2.45, 2.75) is 19.3 Å². The number of fused-ring (bicyclic) bond motifs is 2. The maximum absolute atomic E-state index is 12.9. The predicted octanol–water partition coefficient (Wildman–Crippen LogP) is 4.17. The van der Waals surface area contributed by atoms with E-state index in [0.717, 1.165) is 28.0 Å². The van der Waals surface area contributed by atoms with Gasteiger partial charge >= 0.3 is 0 Å². The van der Waals surface area contributed by atoms with E-state index in [-0.39, 0.29) is 11.5 Å². The number of carbonyl (C=O) groups excluding carboxylic acids is 2. The van der Waals surface area contributed by atoms with Crippen molar-refractivity contribution in [3.63, 3.8) is 0 Å². The number of hydrogen-bond donors (Lipinski definition) is 4. The molecule has 1 aliphatic rings. The van der Waals surface area contributed by atoms with Crippen LogP contribution in [0.5, 0.6) is 11.5 Å². The molecule has 0 radical (unpaired) electrons. The molecular formula is C28H24N4O4. The smallest absolute Gasteiger partial charge is 0.255 e. The molecule has 0 unspecified atom stereocenters. The number of phenols is 2. The fourth-order valence-electron chi connectivity index (χ4n) is 4.45. The van der Waals surface area contributed by atoms with Crippen LogP contribution >= 0.6 is 0 Å². The molecule has 4 N–H and O–H groups in total. The predicted molar refractivity (Wildman–Crippen MR) is 139 cm³/mol. The van der Waals surface area contributed by atoms with Crippen molar-refractivity contribution in [1.82, 2.24) is 10.9 Å². The number of amides is 2. The number of phenolic OH excluding ortho intramolecular Hbond substituents is 2. The lowest BCUT2D eigenvalue weighted by molar-refractivity contribution is -0.149. The average Bonchev–Trinajstić information content (AvgIpc) is 2.86. The number of aromatic hydroxyl groups is 2. The summed E-state index contributed by atoms with van der Waals surface area (Å²) in [6, 6.07) is 21.8. The zero-order valence-electron chi connectivity index (χ0n) is 19.3. The molecule has 1 fully saturated rings. The van der Waals surface area contributed by atoms with Crippen molar-refractivity contribution in [2.24, 2.45) is 15.6 Å². The molecule has 0 saturated heterocycles. The van der Waals surface area contributed by atoms with Crippen LogP contribution in [-0.4, -0.2) is 34.5 Å². The molecule has 0 atom stereocenters. The second kappa shape index (κ2) is 9.50. The van der Waals surface area contributed by atoms with Crippen molar-refractivity contribution < 1.29 is 19.8 Å². The van der Waals surface area contributed by atoms with Gasteiger partial charge in [0.25, 0.3) is 11.8 Å². The molecule has 5 rings (SSSR count). The standard InChI is InChI=1S/C28H24N4O4/c33-24-12-10-18-6-1-3-8-20(18)22(24)16-29-31-26(35)28(14-5-15-28)27(36)32-30-17-23-21-9-4-2-7-19(21)11-13-25(23)34/h1-4,6-13,16-17,33-34H,5,14-15H2,(H,31,35)(H,32,36). The molecule has 0 spiro atoms. The number of carbonyl (C=O) groups is 2. The van der Waals surface area contributed by atoms with E-state index in [1.165, 1.54) is 12.4 Å². The minimum Gasteiger partial charge on any atom is -0.507 e. The van der Waals surface area contributed by atoms with Crippen molar-refractivity contribution in [1.29, 1.82) is 0 Å². The maximum atomic E-state index is 12.9. The molecule has 0 aliphatic heterocycles. The molecule has 1 saturated carbocycles. The largest absolute Gasteiger partial charge is 0.507 e. The second-order valence-corrected chi connectivity index (χ2v) is 8.77. The fraction of sp³-hybridized carbons (Fsp3) is 0.143. The van der Waals surface area contributed by atoms with Crippen LogP contribution in [0.4, 0.5) is 0 Å². The van der Waals surface area contributed by atoms with Crippen LogP contribution < -0.4 is 10.9 Å². The van der Waals surface area contributed by atoms with E-state index in [0.29, 0.717) is 24.0 Å². The first-order valence-electron chi connectivity index (χ1n) is 11.6. The van der Waals surface area contributed by atoms with Crippen LogP contribution in [0.1, 0.15) is 30.4 Å². The zero-order valence-corrected chi connectivity index (χ0v) is 19.3. The molecule has 4 aromatic rings. The van der Waals surface area contributed by atoms with Crippen LogP contribution in [0.2, 0.25) is 0 Å². The van der Waals surface area contributed by atoms with Crippen LogP contribution in [0.3, 0.4) is 0 Å². The molecule has 1 aliphatic carbocycles. The van der Waals surface area contributed by atoms with Gasteiger partial charge in [0.05, 0.1) is 12.4 Å². The summed E-state index contributed by atoms with van der Waals surface area (Å²) in [5, 5.41) is 32.0. The van der Waals surface area contributed by atoms with Crippen molar-refractivity contribution in [2.75, 3.05) is 0 Å². The molecule has 0 bridgehead atoms. The number of nitrogens with zero attached hydrogens (tertiary/aromatic N) is 2. The lowest BCUT2D eigenvalue weighted by Crippen LogP contribution is -2.53. The number of rotatable bonds is 6. The minimum atomic E-state index is -1.28. The topological polar surface area (TPSA) is 123 Å². The quantitative estimate of drug-likeness (QED) is 0.188. The molecule has 8 nitrogen and oxygen atoms in total. The van der Waals surface area contributed by atoms with E-state index >= 15 is 0 Å². The van der Waals surface area contributed by atoms with E-state index in [9.17, 15) is 19.8 Å². The second-order valence-electron chi connectivity index (χ2n) is 8.77. The fourth-order valence-corrected chi connectivity index (χ4v) is 4.45. The highest BCUT2D eigenvalue weighted by Gasteiger charge is 2.51. The Labute approximate surface area is 207 Å². The Morgan fingerprint density at radius 1 is 0.694 bits per heavy atom. The van der Waals surface area contributed by atoms with Crippen molar-refractivity contribution >= 4 is 45.8 Å². The van der Waals surface area contributed by atoms with E-state index in [4.69, 9.17) is 0 Å². The van der Waals surface area contributed by atoms with Gasteiger partial charge in [-0.1, -0.05) is 67.1 Å². The van der Waals surface area contributed by atoms with E-state index < -0.39 is 17.2 Å². The third-order valence-electron chi connectivity index (χ3n) is 6.69. The Morgan fingerprint density at radius 3 is 1.56 bits per heavy atom. The van der Waals surface area contributed by atoms with Crippen LogP contribution in [0.15, 0.2) is 83.0 Å². The Morgan fingerprint density at radius 2 is 1.14 bits per heavy atom. The number of nitrogens with one attached hydrogen (secondary N) is 2. The van der Waals surface area contributed by atoms with Gasteiger partial charge in [0, 0.05) is 11.1 Å². The Bertz CT molecular complexity index is 1430. The van der Waals surface area contributed by atoms with Gasteiger partial charge in [-0.05, 0) is 46.5 Å². The Hall–Kier alpha value is -4.72. The first-order valence-corrected chi connectivity index (χ1v) is 11.6. The van der Waals surface area contributed by atoms with Gasteiger partial charge in [-0.2, -0.15) is 10.2 Å². The minimum absolute atomic E-state index is 0.0359. The van der Waals surface area contributed by atoms with Gasteiger partial charge < -0.3 is 10.2 Å². The van der Waals surface area contributed by atoms with E-state index in [2.05, 4.69) is 21.1 Å². The summed E-state index contributed by atoms with van der Waals surface area (Å²) >= 11 is 0. The van der Waals surface area contributed by atoms with Gasteiger partial charge in [-0.15, -0.1) is 0 Å². The lowest BCUT2D eigenvalue weighted by atomic mass is 9.67. The summed E-state index contributed by atoms with van der Waals surface area (Å²) in [7, 11) is 0. The molecule has 36 heavy (non-hydrogen) atoms. The molecular weight excluding hydrogens is 456 g/mol. The van der Waals surface area contributed by atoms with E-state index in [1.807, 2.05) is 48.5 Å². The average molecular weight is 481 g/mol. The zero-order chi connectivity index (χ0) is 25.1. The highest BCUT2D eigenvalue weighted by Crippen LogP contribution is 2.41. The van der Waals surface area contributed by atoms with Crippen LogP contribution in [-0.2, 0) is 9.59 Å².